The van der Waals surface area contributed by atoms with E-state index in [2.05, 4.69) is 4.90 Å². The summed E-state index contributed by atoms with van der Waals surface area (Å²) in [7, 11) is 3.93. The standard InChI is InChI=1S/C13H25N3O3/c1-10(17)16-6-4-15(5-7-16)8-12-13(18)11(9-19-12)14(2)3/h11-13,18H,4-9H2,1-3H3. The molecule has 19 heavy (non-hydrogen) atoms. The Labute approximate surface area is 114 Å². The molecule has 2 aliphatic heterocycles. The van der Waals surface area contributed by atoms with Crippen molar-refractivity contribution in [1.82, 2.24) is 14.7 Å². The van der Waals surface area contributed by atoms with Gasteiger partial charge in [0.25, 0.3) is 0 Å². The fourth-order valence-corrected chi connectivity index (χ4v) is 2.78. The van der Waals surface area contributed by atoms with Gasteiger partial charge in [-0.05, 0) is 14.1 Å². The van der Waals surface area contributed by atoms with Gasteiger partial charge in [-0.1, -0.05) is 0 Å². The third-order valence-corrected chi connectivity index (χ3v) is 4.18. The average molecular weight is 271 g/mol. The van der Waals surface area contributed by atoms with Crippen LogP contribution in [0, 0.1) is 0 Å². The predicted molar refractivity (Wildman–Crippen MR) is 71.9 cm³/mol. The number of aliphatic hydroxyl groups excluding tert-OH is 1. The zero-order chi connectivity index (χ0) is 14.0. The molecule has 0 aliphatic carbocycles. The lowest BCUT2D eigenvalue weighted by Gasteiger charge is -2.35. The molecule has 2 rings (SSSR count). The Bertz CT molecular complexity index is 316. The van der Waals surface area contributed by atoms with Gasteiger partial charge in [0.05, 0.1) is 24.9 Å². The molecule has 3 unspecified atom stereocenters. The maximum absolute atomic E-state index is 11.3. The highest BCUT2D eigenvalue weighted by Crippen LogP contribution is 2.19. The highest BCUT2D eigenvalue weighted by atomic mass is 16.5. The van der Waals surface area contributed by atoms with Crippen molar-refractivity contribution < 1.29 is 14.6 Å². The Hall–Kier alpha value is -0.690. The Morgan fingerprint density at radius 1 is 1.32 bits per heavy atom. The smallest absolute Gasteiger partial charge is 0.219 e. The third kappa shape index (κ3) is 3.45. The van der Waals surface area contributed by atoms with Gasteiger partial charge in [-0.3, -0.25) is 9.69 Å². The highest BCUT2D eigenvalue weighted by Gasteiger charge is 2.38. The molecule has 0 aromatic heterocycles. The van der Waals surface area contributed by atoms with E-state index in [0.717, 1.165) is 32.7 Å². The number of carbonyl (C=O) groups excluding carboxylic acids is 1. The second-order valence-corrected chi connectivity index (χ2v) is 5.70. The number of likely N-dealkylation sites (N-methyl/N-ethyl adjacent to an activating group) is 1. The summed E-state index contributed by atoms with van der Waals surface area (Å²) >= 11 is 0. The fraction of sp³-hybridized carbons (Fsp3) is 0.923. The number of hydrogen-bond acceptors (Lipinski definition) is 5. The first-order chi connectivity index (χ1) is 8.99. The molecular formula is C13H25N3O3. The minimum absolute atomic E-state index is 0.0866. The van der Waals surface area contributed by atoms with E-state index < -0.39 is 6.10 Å². The van der Waals surface area contributed by atoms with Crippen LogP contribution in [0.5, 0.6) is 0 Å². The number of aliphatic hydroxyl groups is 1. The van der Waals surface area contributed by atoms with Crippen LogP contribution in [-0.2, 0) is 9.53 Å². The molecule has 2 saturated heterocycles. The summed E-state index contributed by atoms with van der Waals surface area (Å²) in [6.45, 7) is 6.22. The van der Waals surface area contributed by atoms with Crippen molar-refractivity contribution in [3.8, 4) is 0 Å². The monoisotopic (exact) mass is 271 g/mol. The molecule has 110 valence electrons. The molecular weight excluding hydrogens is 246 g/mol. The van der Waals surface area contributed by atoms with E-state index in [-0.39, 0.29) is 18.1 Å². The van der Waals surface area contributed by atoms with Gasteiger partial charge in [0.1, 0.15) is 0 Å². The summed E-state index contributed by atoms with van der Waals surface area (Å²) in [5.74, 6) is 0.143. The predicted octanol–water partition coefficient (Wildman–Crippen LogP) is -1.16. The fourth-order valence-electron chi connectivity index (χ4n) is 2.78. The van der Waals surface area contributed by atoms with E-state index in [9.17, 15) is 9.90 Å². The van der Waals surface area contributed by atoms with Crippen LogP contribution in [-0.4, -0.2) is 97.4 Å². The first-order valence-corrected chi connectivity index (χ1v) is 6.93. The zero-order valence-corrected chi connectivity index (χ0v) is 12.1. The summed E-state index contributed by atoms with van der Waals surface area (Å²) in [5.41, 5.74) is 0. The third-order valence-electron chi connectivity index (χ3n) is 4.18. The SMILES string of the molecule is CC(=O)N1CCN(CC2OCC(N(C)C)C2O)CC1. The maximum Gasteiger partial charge on any atom is 0.219 e. The summed E-state index contributed by atoms with van der Waals surface area (Å²) in [6, 6.07) is 0.0866. The lowest BCUT2D eigenvalue weighted by molar-refractivity contribution is -0.130. The topological polar surface area (TPSA) is 56.2 Å². The highest BCUT2D eigenvalue weighted by molar-refractivity contribution is 5.73. The van der Waals surface area contributed by atoms with Gasteiger partial charge in [-0.25, -0.2) is 0 Å². The summed E-state index contributed by atoms with van der Waals surface area (Å²) < 4.78 is 5.70. The molecule has 0 spiro atoms. The van der Waals surface area contributed by atoms with Gasteiger partial charge in [0.15, 0.2) is 0 Å². The van der Waals surface area contributed by atoms with Crippen molar-refractivity contribution >= 4 is 5.91 Å². The summed E-state index contributed by atoms with van der Waals surface area (Å²) in [6.07, 6.45) is -0.544. The number of amides is 1. The number of carbonyl (C=O) groups is 1. The summed E-state index contributed by atoms with van der Waals surface area (Å²) in [4.78, 5) is 17.4. The molecule has 1 N–H and O–H groups in total. The van der Waals surface area contributed by atoms with Gasteiger partial charge in [-0.15, -0.1) is 0 Å². The molecule has 2 fully saturated rings. The van der Waals surface area contributed by atoms with Crippen LogP contribution in [0.1, 0.15) is 6.92 Å². The Morgan fingerprint density at radius 2 is 1.95 bits per heavy atom. The van der Waals surface area contributed by atoms with E-state index in [4.69, 9.17) is 4.74 Å². The molecule has 0 saturated carbocycles. The van der Waals surface area contributed by atoms with Crippen LogP contribution in [0.2, 0.25) is 0 Å². The average Bonchev–Trinajstić information content (AvgIpc) is 2.72. The van der Waals surface area contributed by atoms with Crippen molar-refractivity contribution in [2.45, 2.75) is 25.2 Å². The number of ether oxygens (including phenoxy) is 1. The van der Waals surface area contributed by atoms with Gasteiger partial charge < -0.3 is 19.6 Å². The molecule has 0 radical (unpaired) electrons. The minimum Gasteiger partial charge on any atom is -0.389 e. The van der Waals surface area contributed by atoms with E-state index in [1.54, 1.807) is 6.92 Å². The Balaban J connectivity index is 1.79. The molecule has 6 heteroatoms. The Morgan fingerprint density at radius 3 is 2.42 bits per heavy atom. The van der Waals surface area contributed by atoms with Crippen molar-refractivity contribution in [2.75, 3.05) is 53.4 Å². The molecule has 2 heterocycles. The van der Waals surface area contributed by atoms with Gasteiger partial charge in [0, 0.05) is 39.6 Å². The lowest BCUT2D eigenvalue weighted by Crippen LogP contribution is -2.51. The normalized spacial score (nSPS) is 33.1. The summed E-state index contributed by atoms with van der Waals surface area (Å²) in [5, 5.41) is 10.2. The lowest BCUT2D eigenvalue weighted by atomic mass is 10.1. The zero-order valence-electron chi connectivity index (χ0n) is 12.1. The first kappa shape index (κ1) is 14.7. The van der Waals surface area contributed by atoms with Crippen LogP contribution in [0.25, 0.3) is 0 Å². The number of hydrogen-bond donors (Lipinski definition) is 1. The molecule has 3 atom stereocenters. The molecule has 0 aromatic carbocycles. The molecule has 6 nitrogen and oxygen atoms in total. The largest absolute Gasteiger partial charge is 0.389 e. The van der Waals surface area contributed by atoms with Crippen LogP contribution in [0.15, 0.2) is 0 Å². The quantitative estimate of drug-likeness (QED) is 0.702. The van der Waals surface area contributed by atoms with Crippen molar-refractivity contribution in [1.29, 1.82) is 0 Å². The number of piperazine rings is 1. The molecule has 1 amide bonds. The van der Waals surface area contributed by atoms with Crippen LogP contribution < -0.4 is 0 Å². The first-order valence-electron chi connectivity index (χ1n) is 6.93. The van der Waals surface area contributed by atoms with Gasteiger partial charge >= 0.3 is 0 Å². The molecule has 0 aromatic rings. The van der Waals surface area contributed by atoms with E-state index >= 15 is 0 Å². The van der Waals surface area contributed by atoms with Crippen LogP contribution in [0.4, 0.5) is 0 Å². The van der Waals surface area contributed by atoms with Crippen molar-refractivity contribution in [3.63, 3.8) is 0 Å². The second kappa shape index (κ2) is 6.17. The van der Waals surface area contributed by atoms with Crippen molar-refractivity contribution in [2.24, 2.45) is 0 Å². The van der Waals surface area contributed by atoms with E-state index in [0.29, 0.717) is 6.61 Å². The van der Waals surface area contributed by atoms with Gasteiger partial charge in [0.2, 0.25) is 5.91 Å². The number of nitrogens with zero attached hydrogens (tertiary/aromatic N) is 3. The van der Waals surface area contributed by atoms with E-state index in [1.807, 2.05) is 23.9 Å². The molecule has 0 bridgehead atoms. The van der Waals surface area contributed by atoms with Gasteiger partial charge in [-0.2, -0.15) is 0 Å². The molecule has 2 aliphatic rings. The Kier molecular flexibility index (Phi) is 4.78. The van der Waals surface area contributed by atoms with Crippen LogP contribution in [0.3, 0.4) is 0 Å². The van der Waals surface area contributed by atoms with E-state index in [1.165, 1.54) is 0 Å². The van der Waals surface area contributed by atoms with Crippen molar-refractivity contribution in [3.05, 3.63) is 0 Å². The van der Waals surface area contributed by atoms with Crippen LogP contribution >= 0.6 is 0 Å². The second-order valence-electron chi connectivity index (χ2n) is 5.70. The maximum atomic E-state index is 11.3. The minimum atomic E-state index is -0.430. The number of rotatable bonds is 3.